The van der Waals surface area contributed by atoms with E-state index in [1.807, 2.05) is 6.07 Å². The Morgan fingerprint density at radius 1 is 0.257 bits per heavy atom. The predicted molar refractivity (Wildman–Crippen MR) is 286 cm³/mol. The van der Waals surface area contributed by atoms with Gasteiger partial charge in [0.1, 0.15) is 11.2 Å². The van der Waals surface area contributed by atoms with E-state index in [2.05, 4.69) is 248 Å². The van der Waals surface area contributed by atoms with Gasteiger partial charge in [-0.3, -0.25) is 0 Å². The molecule has 324 valence electrons. The summed E-state index contributed by atoms with van der Waals surface area (Å²) in [5.41, 5.74) is 27.2. The van der Waals surface area contributed by atoms with Gasteiger partial charge in [-0.25, -0.2) is 0 Å². The lowest BCUT2D eigenvalue weighted by molar-refractivity contribution is 0.670. The van der Waals surface area contributed by atoms with Gasteiger partial charge >= 0.3 is 0 Å². The number of nitrogens with zero attached hydrogens (tertiary/aromatic N) is 1. The van der Waals surface area contributed by atoms with Crippen molar-refractivity contribution in [1.82, 2.24) is 0 Å². The van der Waals surface area contributed by atoms with Crippen LogP contribution in [0.25, 0.3) is 77.6 Å². The largest absolute Gasteiger partial charge is 0.455 e. The van der Waals surface area contributed by atoms with Crippen LogP contribution < -0.4 is 4.90 Å². The Bertz CT molecular complexity index is 3900. The van der Waals surface area contributed by atoms with E-state index in [1.54, 1.807) is 0 Å². The first-order chi connectivity index (χ1) is 34.7. The summed E-state index contributed by atoms with van der Waals surface area (Å²) in [5.74, 6) is 0. The van der Waals surface area contributed by atoms with Crippen molar-refractivity contribution in [3.8, 4) is 55.6 Å². The number of para-hydroxylation sites is 2. The number of furan rings is 1. The molecule has 12 aromatic rings. The van der Waals surface area contributed by atoms with Gasteiger partial charge < -0.3 is 9.32 Å². The smallest absolute Gasteiger partial charge is 0.143 e. The van der Waals surface area contributed by atoms with Gasteiger partial charge in [0.15, 0.2) is 0 Å². The highest BCUT2D eigenvalue weighted by atomic mass is 16.3. The molecule has 0 bridgehead atoms. The number of fused-ring (bicyclic) bond motifs is 23. The molecule has 1 heterocycles. The highest BCUT2D eigenvalue weighted by molar-refractivity contribution is 6.10. The highest BCUT2D eigenvalue weighted by Gasteiger charge is 2.53. The van der Waals surface area contributed by atoms with Crippen LogP contribution in [0.5, 0.6) is 0 Å². The minimum absolute atomic E-state index is 0.486. The highest BCUT2D eigenvalue weighted by Crippen LogP contribution is 2.65. The van der Waals surface area contributed by atoms with E-state index in [1.165, 1.54) is 89.0 Å². The maximum absolute atomic E-state index is 6.68. The van der Waals surface area contributed by atoms with E-state index in [4.69, 9.17) is 4.42 Å². The van der Waals surface area contributed by atoms with Crippen molar-refractivity contribution in [2.75, 3.05) is 4.90 Å². The van der Waals surface area contributed by atoms with E-state index in [9.17, 15) is 0 Å². The third-order valence-corrected chi connectivity index (χ3v) is 16.3. The summed E-state index contributed by atoms with van der Waals surface area (Å²) < 4.78 is 6.68. The zero-order chi connectivity index (χ0) is 45.7. The molecular formula is C68H41NO. The fourth-order valence-corrected chi connectivity index (χ4v) is 13.7. The molecule has 11 aromatic carbocycles. The van der Waals surface area contributed by atoms with Crippen LogP contribution in [-0.2, 0) is 10.8 Å². The quantitative estimate of drug-likeness (QED) is 0.175. The maximum atomic E-state index is 6.68. The third-order valence-electron chi connectivity index (χ3n) is 16.3. The van der Waals surface area contributed by atoms with Crippen LogP contribution in [0.4, 0.5) is 17.1 Å². The summed E-state index contributed by atoms with van der Waals surface area (Å²) in [4.78, 5) is 2.51. The second-order valence-electron chi connectivity index (χ2n) is 19.4. The lowest BCUT2D eigenvalue weighted by Crippen LogP contribution is -2.26. The number of hydrogen-bond acceptors (Lipinski definition) is 2. The average Bonchev–Trinajstić information content (AvgIpc) is 4.20. The molecule has 0 saturated heterocycles. The van der Waals surface area contributed by atoms with Crippen molar-refractivity contribution in [2.24, 2.45) is 0 Å². The molecule has 70 heavy (non-hydrogen) atoms. The molecule has 0 N–H and O–H groups in total. The first-order valence-electron chi connectivity index (χ1n) is 24.4. The topological polar surface area (TPSA) is 16.4 Å². The SMILES string of the molecule is c1cc(-c2cccc3c2oc2ccccc23)cc(N(c2ccc3c(c2)C2(c4ccccc4-c4ccccc42)c2ccccc2-3)c2ccc3c(c2)C2(c4ccccc4-c4ccccc42)c2ccccc2-3)c1. The van der Waals surface area contributed by atoms with E-state index in [0.717, 1.165) is 50.1 Å². The van der Waals surface area contributed by atoms with Crippen molar-refractivity contribution >= 4 is 39.0 Å². The molecule has 2 nitrogen and oxygen atoms in total. The summed E-state index contributed by atoms with van der Waals surface area (Å²) in [5, 5.41) is 2.25. The third kappa shape index (κ3) is 4.68. The summed E-state index contributed by atoms with van der Waals surface area (Å²) in [6.07, 6.45) is 0. The van der Waals surface area contributed by atoms with Crippen LogP contribution >= 0.6 is 0 Å². The van der Waals surface area contributed by atoms with E-state index < -0.39 is 10.8 Å². The molecule has 2 heteroatoms. The Morgan fingerprint density at radius 3 is 1.09 bits per heavy atom. The zero-order valence-corrected chi connectivity index (χ0v) is 38.0. The van der Waals surface area contributed by atoms with Gasteiger partial charge in [0.05, 0.1) is 10.8 Å². The van der Waals surface area contributed by atoms with Crippen LogP contribution in [0.2, 0.25) is 0 Å². The maximum Gasteiger partial charge on any atom is 0.143 e. The van der Waals surface area contributed by atoms with Gasteiger partial charge in [-0.1, -0.05) is 206 Å². The van der Waals surface area contributed by atoms with Crippen molar-refractivity contribution in [1.29, 1.82) is 0 Å². The molecule has 16 rings (SSSR count). The Labute approximate surface area is 406 Å². The minimum Gasteiger partial charge on any atom is -0.455 e. The van der Waals surface area contributed by atoms with Crippen molar-refractivity contribution in [3.05, 3.63) is 293 Å². The molecule has 4 aliphatic rings. The summed E-state index contributed by atoms with van der Waals surface area (Å²) in [6, 6.07) is 93.0. The fourth-order valence-electron chi connectivity index (χ4n) is 13.7. The molecule has 0 amide bonds. The lowest BCUT2D eigenvalue weighted by Gasteiger charge is -2.33. The molecule has 4 aliphatic carbocycles. The van der Waals surface area contributed by atoms with Crippen LogP contribution in [0.15, 0.2) is 253 Å². The summed E-state index contributed by atoms with van der Waals surface area (Å²) in [6.45, 7) is 0. The van der Waals surface area contributed by atoms with E-state index in [-0.39, 0.29) is 0 Å². The van der Waals surface area contributed by atoms with Gasteiger partial charge in [-0.2, -0.15) is 0 Å². The minimum atomic E-state index is -0.486. The molecule has 0 radical (unpaired) electrons. The van der Waals surface area contributed by atoms with Crippen molar-refractivity contribution in [3.63, 3.8) is 0 Å². The molecule has 2 spiro atoms. The monoisotopic (exact) mass is 887 g/mol. The van der Waals surface area contributed by atoms with E-state index in [0.29, 0.717) is 0 Å². The molecule has 0 atom stereocenters. The summed E-state index contributed by atoms with van der Waals surface area (Å²) >= 11 is 0. The van der Waals surface area contributed by atoms with Crippen molar-refractivity contribution in [2.45, 2.75) is 10.8 Å². The molecule has 1 aromatic heterocycles. The van der Waals surface area contributed by atoms with Gasteiger partial charge in [-0.15, -0.1) is 0 Å². The normalized spacial score (nSPS) is 14.2. The molecular weight excluding hydrogens is 847 g/mol. The predicted octanol–water partition coefficient (Wildman–Crippen LogP) is 17.4. The Kier molecular flexibility index (Phi) is 7.51. The van der Waals surface area contributed by atoms with Gasteiger partial charge in [0, 0.05) is 33.4 Å². The number of anilines is 3. The first kappa shape index (κ1) is 38.0. The molecule has 0 saturated carbocycles. The Morgan fingerprint density at radius 2 is 0.614 bits per heavy atom. The van der Waals surface area contributed by atoms with Gasteiger partial charge in [0.2, 0.25) is 0 Å². The zero-order valence-electron chi connectivity index (χ0n) is 38.0. The first-order valence-corrected chi connectivity index (χ1v) is 24.4. The Hall–Kier alpha value is -8.98. The average molecular weight is 888 g/mol. The van der Waals surface area contributed by atoms with Crippen LogP contribution in [0.1, 0.15) is 44.5 Å². The fraction of sp³-hybridized carbons (Fsp3) is 0.0294. The van der Waals surface area contributed by atoms with Gasteiger partial charge in [0.25, 0.3) is 0 Å². The van der Waals surface area contributed by atoms with Crippen LogP contribution in [0, 0.1) is 0 Å². The number of benzene rings is 11. The second-order valence-corrected chi connectivity index (χ2v) is 19.4. The second kappa shape index (κ2) is 13.8. The lowest BCUT2D eigenvalue weighted by atomic mass is 9.70. The van der Waals surface area contributed by atoms with Crippen LogP contribution in [0.3, 0.4) is 0 Å². The number of hydrogen-bond donors (Lipinski definition) is 0. The van der Waals surface area contributed by atoms with Crippen LogP contribution in [-0.4, -0.2) is 0 Å². The number of rotatable bonds is 4. The summed E-state index contributed by atoms with van der Waals surface area (Å²) in [7, 11) is 0. The standard InChI is InChI=1S/C68H41NO/c1-8-28-57-47(19-1)48-20-2-9-29-58(48)67(57)61-32-12-5-23-51(61)53-37-35-44(40-63(53)67)69(43-18-15-17-42(39-43)46-26-16-27-56-55-25-7-14-34-65(55)70-66(46)56)45-36-38-54-52-24-6-13-33-62(52)68(64(54)41-45)59-30-10-3-21-49(59)50-22-4-11-31-60(50)68/h1-41H. The van der Waals surface area contributed by atoms with Gasteiger partial charge in [-0.05, 0) is 137 Å². The molecule has 0 fully saturated rings. The van der Waals surface area contributed by atoms with Crippen molar-refractivity contribution < 1.29 is 4.42 Å². The van der Waals surface area contributed by atoms with E-state index >= 15 is 0 Å². The molecule has 0 unspecified atom stereocenters. The molecule has 0 aliphatic heterocycles. The Balaban J connectivity index is 0.972.